The van der Waals surface area contributed by atoms with Crippen molar-refractivity contribution in [1.29, 1.82) is 0 Å². The molecule has 1 aromatic heterocycles. The quantitative estimate of drug-likeness (QED) is 0.427. The molecule has 1 aliphatic rings. The van der Waals surface area contributed by atoms with Crippen LogP contribution in [-0.4, -0.2) is 73.1 Å². The smallest absolute Gasteiger partial charge is 0.230 e. The first-order valence-corrected chi connectivity index (χ1v) is 11.4. The van der Waals surface area contributed by atoms with E-state index in [4.69, 9.17) is 37.4 Å². The summed E-state index contributed by atoms with van der Waals surface area (Å²) in [4.78, 5) is 22.9. The molecular formula is C20H24Cl2N4O4S. The van der Waals surface area contributed by atoms with Gasteiger partial charge in [-0.15, -0.1) is 0 Å². The minimum atomic E-state index is -0.124. The minimum Gasteiger partial charge on any atom is -0.481 e. The van der Waals surface area contributed by atoms with E-state index >= 15 is 0 Å². The van der Waals surface area contributed by atoms with E-state index in [1.165, 1.54) is 26.0 Å². The molecule has 2 heterocycles. The Labute approximate surface area is 195 Å². The van der Waals surface area contributed by atoms with Gasteiger partial charge in [-0.2, -0.15) is 9.97 Å². The number of aromatic nitrogens is 2. The second-order valence-corrected chi connectivity index (χ2v) is 8.56. The van der Waals surface area contributed by atoms with Crippen LogP contribution in [0.1, 0.15) is 5.56 Å². The Kier molecular flexibility index (Phi) is 9.03. The van der Waals surface area contributed by atoms with Crippen molar-refractivity contribution in [2.75, 3.05) is 46.2 Å². The predicted octanol–water partition coefficient (Wildman–Crippen LogP) is 2.91. The number of halogens is 2. The average Bonchev–Trinajstić information content (AvgIpc) is 2.78. The summed E-state index contributed by atoms with van der Waals surface area (Å²) in [6.07, 6.45) is -0.0846. The lowest BCUT2D eigenvalue weighted by atomic mass is 10.2. The third-order valence-corrected chi connectivity index (χ3v) is 6.14. The molecule has 1 aromatic carbocycles. The van der Waals surface area contributed by atoms with Gasteiger partial charge in [-0.25, -0.2) is 0 Å². The van der Waals surface area contributed by atoms with Crippen molar-refractivity contribution < 1.29 is 19.0 Å². The van der Waals surface area contributed by atoms with Crippen molar-refractivity contribution in [2.45, 2.75) is 17.8 Å². The molecule has 11 heteroatoms. The highest BCUT2D eigenvalue weighted by atomic mass is 35.5. The van der Waals surface area contributed by atoms with Gasteiger partial charge in [0.25, 0.3) is 0 Å². The number of carbonyl (C=O) groups excluding carboxylic acids is 1. The van der Waals surface area contributed by atoms with Gasteiger partial charge in [-0.3, -0.25) is 9.69 Å². The maximum atomic E-state index is 12.3. The number of hydrogen-bond donors (Lipinski definition) is 1. The van der Waals surface area contributed by atoms with Crippen LogP contribution >= 0.6 is 35.0 Å². The fourth-order valence-corrected chi connectivity index (χ4v) is 4.00. The topological polar surface area (TPSA) is 85.8 Å². The van der Waals surface area contributed by atoms with Crippen LogP contribution in [0.4, 0.5) is 0 Å². The number of methoxy groups -OCH3 is 2. The molecule has 0 saturated carbocycles. The van der Waals surface area contributed by atoms with Crippen LogP contribution in [0.5, 0.6) is 11.8 Å². The zero-order chi connectivity index (χ0) is 22.2. The van der Waals surface area contributed by atoms with E-state index in [1.54, 1.807) is 12.1 Å². The van der Waals surface area contributed by atoms with Gasteiger partial charge in [0.2, 0.25) is 17.7 Å². The van der Waals surface area contributed by atoms with Gasteiger partial charge >= 0.3 is 0 Å². The number of amides is 1. The zero-order valence-corrected chi connectivity index (χ0v) is 19.6. The summed E-state index contributed by atoms with van der Waals surface area (Å²) in [5, 5.41) is 4.42. The monoisotopic (exact) mass is 486 g/mol. The number of hydrogen-bond acceptors (Lipinski definition) is 8. The van der Waals surface area contributed by atoms with E-state index in [1.807, 2.05) is 12.1 Å². The Morgan fingerprint density at radius 3 is 2.65 bits per heavy atom. The molecule has 1 fully saturated rings. The zero-order valence-electron chi connectivity index (χ0n) is 17.3. The molecule has 1 saturated heterocycles. The van der Waals surface area contributed by atoms with Crippen LogP contribution in [0.3, 0.4) is 0 Å². The van der Waals surface area contributed by atoms with Gasteiger partial charge in [0.1, 0.15) is 0 Å². The van der Waals surface area contributed by atoms with Crippen LogP contribution in [0, 0.1) is 0 Å². The third kappa shape index (κ3) is 7.40. The van der Waals surface area contributed by atoms with E-state index < -0.39 is 0 Å². The summed E-state index contributed by atoms with van der Waals surface area (Å²) >= 11 is 13.3. The highest BCUT2D eigenvalue weighted by molar-refractivity contribution is 7.99. The molecule has 0 aliphatic carbocycles. The number of rotatable bonds is 9. The summed E-state index contributed by atoms with van der Waals surface area (Å²) < 4.78 is 16.0. The van der Waals surface area contributed by atoms with E-state index in [2.05, 4.69) is 20.2 Å². The lowest BCUT2D eigenvalue weighted by molar-refractivity contribution is -0.119. The molecule has 1 unspecified atom stereocenters. The van der Waals surface area contributed by atoms with E-state index in [0.717, 1.165) is 18.7 Å². The van der Waals surface area contributed by atoms with Crippen molar-refractivity contribution in [3.63, 3.8) is 0 Å². The standard InChI is InChI=1S/C20H24Cl2N4O4S/c1-28-18-8-19(29-2)25-20(24-18)31-12-17(27)23-9-14-11-26(5-6-30-14)10-13-3-4-15(21)16(22)7-13/h3-4,7-8,14H,5-6,9-12H2,1-2H3,(H,23,27). The van der Waals surface area contributed by atoms with Crippen LogP contribution in [0.15, 0.2) is 29.4 Å². The Morgan fingerprint density at radius 1 is 1.23 bits per heavy atom. The van der Waals surface area contributed by atoms with Crippen LogP contribution in [-0.2, 0) is 16.1 Å². The molecular weight excluding hydrogens is 463 g/mol. The van der Waals surface area contributed by atoms with Crippen LogP contribution in [0.2, 0.25) is 10.0 Å². The minimum absolute atomic E-state index is 0.0846. The van der Waals surface area contributed by atoms with Crippen LogP contribution in [0.25, 0.3) is 0 Å². The molecule has 8 nitrogen and oxygen atoms in total. The summed E-state index contributed by atoms with van der Waals surface area (Å²) in [6, 6.07) is 7.22. The van der Waals surface area contributed by atoms with Crippen molar-refractivity contribution in [3.8, 4) is 11.8 Å². The second kappa shape index (κ2) is 11.7. The molecule has 1 amide bonds. The molecule has 31 heavy (non-hydrogen) atoms. The van der Waals surface area contributed by atoms with Crippen molar-refractivity contribution >= 4 is 40.9 Å². The Balaban J connectivity index is 1.44. The Hall–Kier alpha value is -1.78. The second-order valence-electron chi connectivity index (χ2n) is 6.80. The highest BCUT2D eigenvalue weighted by Crippen LogP contribution is 2.24. The predicted molar refractivity (Wildman–Crippen MR) is 120 cm³/mol. The molecule has 1 aliphatic heterocycles. The largest absolute Gasteiger partial charge is 0.481 e. The number of benzene rings is 1. The number of carbonyl (C=O) groups is 1. The first-order chi connectivity index (χ1) is 15.0. The number of ether oxygens (including phenoxy) is 3. The maximum Gasteiger partial charge on any atom is 0.230 e. The lowest BCUT2D eigenvalue weighted by Gasteiger charge is -2.33. The normalized spacial score (nSPS) is 16.7. The Bertz CT molecular complexity index is 883. The van der Waals surface area contributed by atoms with Gasteiger partial charge in [0.15, 0.2) is 5.16 Å². The van der Waals surface area contributed by atoms with Crippen molar-refractivity contribution in [1.82, 2.24) is 20.2 Å². The van der Waals surface area contributed by atoms with Gasteiger partial charge < -0.3 is 19.5 Å². The molecule has 0 spiro atoms. The average molecular weight is 487 g/mol. The van der Waals surface area contributed by atoms with Gasteiger partial charge in [-0.1, -0.05) is 41.0 Å². The maximum absolute atomic E-state index is 12.3. The summed E-state index contributed by atoms with van der Waals surface area (Å²) in [5.74, 6) is 0.816. The van der Waals surface area contributed by atoms with Crippen LogP contribution < -0.4 is 14.8 Å². The van der Waals surface area contributed by atoms with E-state index in [0.29, 0.717) is 46.7 Å². The number of nitrogens with zero attached hydrogens (tertiary/aromatic N) is 3. The van der Waals surface area contributed by atoms with E-state index in [9.17, 15) is 4.79 Å². The molecule has 0 radical (unpaired) electrons. The lowest BCUT2D eigenvalue weighted by Crippen LogP contribution is -2.47. The van der Waals surface area contributed by atoms with Crippen molar-refractivity contribution in [3.05, 3.63) is 39.9 Å². The van der Waals surface area contributed by atoms with Gasteiger partial charge in [0.05, 0.1) is 48.8 Å². The highest BCUT2D eigenvalue weighted by Gasteiger charge is 2.21. The van der Waals surface area contributed by atoms with E-state index in [-0.39, 0.29) is 17.8 Å². The van der Waals surface area contributed by atoms with Crippen molar-refractivity contribution in [2.24, 2.45) is 0 Å². The molecule has 3 rings (SSSR count). The molecule has 2 aromatic rings. The fourth-order valence-electron chi connectivity index (χ4n) is 3.01. The first-order valence-electron chi connectivity index (χ1n) is 9.61. The molecule has 168 valence electrons. The fraction of sp³-hybridized carbons (Fsp3) is 0.450. The molecule has 0 bridgehead atoms. The molecule has 1 N–H and O–H groups in total. The number of thioether (sulfide) groups is 1. The summed E-state index contributed by atoms with van der Waals surface area (Å²) in [6.45, 7) is 3.31. The number of nitrogens with one attached hydrogen (secondary N) is 1. The SMILES string of the molecule is COc1cc(OC)nc(SCC(=O)NCC2CN(Cc3ccc(Cl)c(Cl)c3)CCO2)n1. The third-order valence-electron chi connectivity index (χ3n) is 4.55. The summed E-state index contributed by atoms with van der Waals surface area (Å²) in [5.41, 5.74) is 1.09. The van der Waals surface area contributed by atoms with Gasteiger partial charge in [0, 0.05) is 26.2 Å². The number of morpholine rings is 1. The molecule has 1 atom stereocenters. The Morgan fingerprint density at radius 2 is 1.97 bits per heavy atom. The summed E-state index contributed by atoms with van der Waals surface area (Å²) in [7, 11) is 3.02. The first kappa shape index (κ1) is 23.9. The van der Waals surface area contributed by atoms with Gasteiger partial charge in [-0.05, 0) is 17.7 Å².